The first-order valence-corrected chi connectivity index (χ1v) is 16.1. The fraction of sp³-hybridized carbons (Fsp3) is 1.00. The van der Waals surface area contributed by atoms with Gasteiger partial charge in [0.2, 0.25) is 0 Å². The van der Waals surface area contributed by atoms with Gasteiger partial charge in [-0.1, -0.05) is 0 Å². The topological polar surface area (TPSA) is 242 Å². The second kappa shape index (κ2) is 22.2. The van der Waals surface area contributed by atoms with E-state index in [1.807, 2.05) is 0 Å². The summed E-state index contributed by atoms with van der Waals surface area (Å²) in [4.78, 5) is 0. The van der Waals surface area contributed by atoms with Crippen LogP contribution in [0.5, 0.6) is 0 Å². The number of aliphatic hydroxyl groups excluding tert-OH is 8. The first-order valence-electron chi connectivity index (χ1n) is 9.73. The van der Waals surface area contributed by atoms with Gasteiger partial charge in [0.25, 0.3) is 0 Å². The zero-order chi connectivity index (χ0) is 24.8. The molecule has 12 nitrogen and oxygen atoms in total. The molecule has 31 heavy (non-hydrogen) atoms. The molecule has 0 amide bonds. The minimum atomic E-state index is -5.17. The van der Waals surface area contributed by atoms with Crippen molar-refractivity contribution in [2.24, 2.45) is 0 Å². The number of hydrogen-bond acceptors (Lipinski definition) is 12. The van der Waals surface area contributed by atoms with Gasteiger partial charge in [-0.25, -0.2) is 0 Å². The zero-order valence-electron chi connectivity index (χ0n) is 17.8. The van der Waals surface area contributed by atoms with Crippen molar-refractivity contribution >= 4 is 24.9 Å². The average molecular weight is 518 g/mol. The van der Waals surface area contributed by atoms with Crippen molar-refractivity contribution in [3.05, 3.63) is 0 Å². The maximum absolute atomic E-state index is 8.86. The lowest BCUT2D eigenvalue weighted by Gasteiger charge is -2.24. The van der Waals surface area contributed by atoms with E-state index in [1.165, 1.54) is 0 Å². The molecule has 0 radical (unpaired) electrons. The number of aliphatic hydroxyl groups is 8. The molecule has 0 aromatic carbocycles. The monoisotopic (exact) mass is 518 g/mol. The van der Waals surface area contributed by atoms with Crippen molar-refractivity contribution in [3.8, 4) is 0 Å². The van der Waals surface area contributed by atoms with E-state index >= 15 is 0 Å². The highest BCUT2D eigenvalue weighted by molar-refractivity contribution is 7.79. The largest absolute Gasteiger partial charge is 0.759 e. The summed E-state index contributed by atoms with van der Waals surface area (Å²) in [5.74, 6) is 0. The predicted octanol–water partition coefficient (Wildman–Crippen LogP) is -3.39. The minimum absolute atomic E-state index is 0.0772. The molecule has 0 aliphatic heterocycles. The normalized spacial score (nSPS) is 11.9. The summed E-state index contributed by atoms with van der Waals surface area (Å²) < 4.78 is 34.1. The van der Waals surface area contributed by atoms with Crippen molar-refractivity contribution in [1.82, 2.24) is 0 Å². The fourth-order valence-corrected chi connectivity index (χ4v) is 9.12. The van der Waals surface area contributed by atoms with Crippen molar-refractivity contribution in [2.75, 3.05) is 102 Å². The van der Waals surface area contributed by atoms with E-state index in [0.717, 1.165) is 0 Å². The van der Waals surface area contributed by atoms with Crippen LogP contribution in [0.2, 0.25) is 0 Å². The molecule has 0 aromatic heterocycles. The van der Waals surface area contributed by atoms with Gasteiger partial charge in [-0.3, -0.25) is 8.42 Å². The van der Waals surface area contributed by atoms with Gasteiger partial charge in [-0.15, -0.1) is 0 Å². The van der Waals surface area contributed by atoms with Crippen LogP contribution in [0.4, 0.5) is 0 Å². The quantitative estimate of drug-likeness (QED) is 0.0566. The molecule has 0 heterocycles. The summed E-state index contributed by atoms with van der Waals surface area (Å²) in [5.41, 5.74) is 0. The Morgan fingerprint density at radius 2 is 0.516 bits per heavy atom. The third kappa shape index (κ3) is 23.4. The Balaban J connectivity index is -0.000000416. The molecule has 192 valence electrons. The van der Waals surface area contributed by atoms with Gasteiger partial charge < -0.3 is 50.0 Å². The molecule has 0 spiro atoms. The summed E-state index contributed by atoms with van der Waals surface area (Å²) in [6.07, 6.45) is 5.07. The summed E-state index contributed by atoms with van der Waals surface area (Å²) in [5, 5.41) is 70.9. The van der Waals surface area contributed by atoms with E-state index in [0.29, 0.717) is 49.3 Å². The molecule has 15 heteroatoms. The van der Waals surface area contributed by atoms with Crippen LogP contribution in [0.25, 0.3) is 0 Å². The zero-order valence-corrected chi connectivity index (χ0v) is 20.4. The molecule has 0 unspecified atom stereocenters. The van der Waals surface area contributed by atoms with Crippen LogP contribution in [0.3, 0.4) is 0 Å². The van der Waals surface area contributed by atoms with E-state index in [9.17, 15) is 0 Å². The first kappa shape index (κ1) is 36.0. The van der Waals surface area contributed by atoms with Crippen LogP contribution in [0.1, 0.15) is 0 Å². The predicted molar refractivity (Wildman–Crippen MR) is 120 cm³/mol. The van der Waals surface area contributed by atoms with Gasteiger partial charge in [0.15, 0.2) is 0 Å². The molecule has 0 saturated carbocycles. The van der Waals surface area contributed by atoms with Crippen molar-refractivity contribution < 1.29 is 58.4 Å². The highest BCUT2D eigenvalue weighted by Gasteiger charge is 2.35. The lowest BCUT2D eigenvalue weighted by Crippen LogP contribution is -2.19. The van der Waals surface area contributed by atoms with Crippen LogP contribution in [0, 0.1) is 0 Å². The third-order valence-corrected chi connectivity index (χ3v) is 13.8. The second-order valence-corrected chi connectivity index (χ2v) is 16.4. The second-order valence-electron chi connectivity index (χ2n) is 6.67. The summed E-state index contributed by atoms with van der Waals surface area (Å²) in [6, 6.07) is 0. The smallest absolute Gasteiger partial charge is 0.0827 e. The lowest BCUT2D eigenvalue weighted by molar-refractivity contribution is 0.301. The van der Waals surface area contributed by atoms with Crippen LogP contribution >= 0.6 is 14.5 Å². The molecule has 0 aliphatic carbocycles. The van der Waals surface area contributed by atoms with Gasteiger partial charge in [0.1, 0.15) is 0 Å². The van der Waals surface area contributed by atoms with Crippen LogP contribution in [0.15, 0.2) is 0 Å². The summed E-state index contributed by atoms with van der Waals surface area (Å²) in [7, 11) is -8.16. The number of hydrogen-bond donors (Lipinski definition) is 8. The molecule has 8 N–H and O–H groups in total. The van der Waals surface area contributed by atoms with Crippen molar-refractivity contribution in [2.45, 2.75) is 0 Å². The maximum Gasteiger partial charge on any atom is 0.0827 e. The molecule has 0 aromatic rings. The SMILES string of the molecule is O=S(=O)([O-])[O-].OCC[P+](CCO)(CCO)CCO.OCC[P+](CCO)(CCO)CCO. The van der Waals surface area contributed by atoms with Crippen LogP contribution in [-0.2, 0) is 10.4 Å². The molecular formula is C16H40O12P2S. The lowest BCUT2D eigenvalue weighted by atomic mass is 10.8. The minimum Gasteiger partial charge on any atom is -0.759 e. The van der Waals surface area contributed by atoms with Gasteiger partial charge >= 0.3 is 0 Å². The molecule has 0 fully saturated rings. The Kier molecular flexibility index (Phi) is 25.8. The molecular weight excluding hydrogens is 478 g/mol. The molecule has 0 bridgehead atoms. The van der Waals surface area contributed by atoms with Crippen molar-refractivity contribution in [3.63, 3.8) is 0 Å². The maximum atomic E-state index is 8.86. The Hall–Kier alpha value is 0.410. The van der Waals surface area contributed by atoms with E-state index in [4.69, 9.17) is 58.4 Å². The Morgan fingerprint density at radius 1 is 0.419 bits per heavy atom. The van der Waals surface area contributed by atoms with Crippen LogP contribution in [-0.4, -0.2) is 161 Å². The van der Waals surface area contributed by atoms with Gasteiger partial charge in [-0.05, 0) is 0 Å². The Bertz CT molecular complexity index is 386. The summed E-state index contributed by atoms with van der Waals surface area (Å²) in [6.45, 7) is 0.617. The number of rotatable bonds is 16. The standard InChI is InChI=1S/2C8H20O4P.H2O4S/c2*9-1-5-13(6-2-10,7-3-11)8-4-12;1-5(2,3)4/h2*9-12H,1-8H2;(H2,1,2,3,4)/q2*+1;/p-2. The summed E-state index contributed by atoms with van der Waals surface area (Å²) >= 11 is 0. The third-order valence-electron chi connectivity index (χ3n) is 4.59. The van der Waals surface area contributed by atoms with Crippen LogP contribution < -0.4 is 0 Å². The van der Waals surface area contributed by atoms with Gasteiger partial charge in [0.05, 0.1) is 102 Å². The molecule has 0 atom stereocenters. The van der Waals surface area contributed by atoms with Gasteiger partial charge in [0, 0.05) is 24.9 Å². The Labute approximate surface area is 185 Å². The molecule has 0 rings (SSSR count). The molecule has 0 aliphatic rings. The Morgan fingerprint density at radius 3 is 0.581 bits per heavy atom. The fourth-order valence-electron chi connectivity index (χ4n) is 3.04. The average Bonchev–Trinajstić information content (AvgIpc) is 2.63. The van der Waals surface area contributed by atoms with Crippen molar-refractivity contribution in [1.29, 1.82) is 0 Å². The highest BCUT2D eigenvalue weighted by Crippen LogP contribution is 2.57. The van der Waals surface area contributed by atoms with E-state index < -0.39 is 24.9 Å². The first-order chi connectivity index (χ1) is 14.5. The van der Waals surface area contributed by atoms with Gasteiger partial charge in [-0.2, -0.15) is 0 Å². The van der Waals surface area contributed by atoms with E-state index in [-0.39, 0.29) is 52.9 Å². The van der Waals surface area contributed by atoms with E-state index in [1.54, 1.807) is 0 Å². The molecule has 0 saturated heterocycles. The highest BCUT2D eigenvalue weighted by atomic mass is 32.3. The van der Waals surface area contributed by atoms with E-state index in [2.05, 4.69) is 0 Å².